The van der Waals surface area contributed by atoms with Gasteiger partial charge in [0.15, 0.2) is 0 Å². The van der Waals surface area contributed by atoms with Crippen LogP contribution in [0.5, 0.6) is 0 Å². The Kier molecular flexibility index (Phi) is 6.69. The molecule has 152 valence electrons. The van der Waals surface area contributed by atoms with Gasteiger partial charge >= 0.3 is 0 Å². The SMILES string of the molecule is CCC\C=C/C=C(F)\C(C)=C\C(=N)C1c2nc[nH]c2CCN1c1cncc(C)n1. The molecule has 0 spiro atoms. The third kappa shape index (κ3) is 4.85. The van der Waals surface area contributed by atoms with Gasteiger partial charge in [-0.15, -0.1) is 0 Å². The van der Waals surface area contributed by atoms with Gasteiger partial charge in [-0.3, -0.25) is 4.98 Å². The van der Waals surface area contributed by atoms with Crippen molar-refractivity contribution in [1.29, 1.82) is 5.41 Å². The second-order valence-corrected chi connectivity index (χ2v) is 7.15. The Balaban J connectivity index is 1.91. The van der Waals surface area contributed by atoms with Crippen LogP contribution < -0.4 is 4.90 Å². The summed E-state index contributed by atoms with van der Waals surface area (Å²) in [4.78, 5) is 18.4. The van der Waals surface area contributed by atoms with E-state index in [0.29, 0.717) is 17.9 Å². The van der Waals surface area contributed by atoms with Crippen LogP contribution in [0.4, 0.5) is 10.2 Å². The average Bonchev–Trinajstić information content (AvgIpc) is 3.19. The number of allylic oxidation sites excluding steroid dienone is 5. The number of nitrogens with one attached hydrogen (secondary N) is 2. The molecule has 0 fully saturated rings. The van der Waals surface area contributed by atoms with E-state index in [9.17, 15) is 4.39 Å². The summed E-state index contributed by atoms with van der Waals surface area (Å²) in [5.74, 6) is 0.347. The standard InChI is InChI=1S/C22H27FN6/c1-4-5-6-7-8-17(23)15(2)11-18(24)22-21-19(26-14-27-21)9-10-29(22)20-13-25-12-16(3)28-20/h6-8,11-14,22,24H,4-5,9-10H2,1-3H3,(H,26,27)/b7-6-,15-11+,17-8+,24-18?. The summed E-state index contributed by atoms with van der Waals surface area (Å²) in [6, 6.07) is -0.445. The van der Waals surface area contributed by atoms with Gasteiger partial charge in [-0.05, 0) is 38.0 Å². The van der Waals surface area contributed by atoms with Crippen molar-refractivity contribution >= 4 is 11.5 Å². The van der Waals surface area contributed by atoms with Gasteiger partial charge in [-0.1, -0.05) is 25.5 Å². The molecule has 2 aromatic rings. The van der Waals surface area contributed by atoms with E-state index in [2.05, 4.69) is 26.9 Å². The van der Waals surface area contributed by atoms with Crippen LogP contribution in [0.2, 0.25) is 0 Å². The monoisotopic (exact) mass is 394 g/mol. The highest BCUT2D eigenvalue weighted by Gasteiger charge is 2.33. The highest BCUT2D eigenvalue weighted by Crippen LogP contribution is 2.32. The first-order valence-corrected chi connectivity index (χ1v) is 9.88. The molecule has 7 heteroatoms. The predicted molar refractivity (Wildman–Crippen MR) is 114 cm³/mol. The molecule has 0 aliphatic carbocycles. The number of H-pyrrole nitrogens is 1. The maximum absolute atomic E-state index is 14.4. The zero-order valence-electron chi connectivity index (χ0n) is 17.1. The molecule has 0 radical (unpaired) electrons. The van der Waals surface area contributed by atoms with E-state index in [1.165, 1.54) is 6.08 Å². The van der Waals surface area contributed by atoms with Gasteiger partial charge in [0.1, 0.15) is 17.7 Å². The second kappa shape index (κ2) is 9.41. The molecule has 3 rings (SSSR count). The van der Waals surface area contributed by atoms with E-state index in [1.54, 1.807) is 37.8 Å². The highest BCUT2D eigenvalue weighted by molar-refractivity contribution is 6.00. The number of hydrogen-bond acceptors (Lipinski definition) is 5. The summed E-state index contributed by atoms with van der Waals surface area (Å²) in [5.41, 5.74) is 3.26. The average molecular weight is 394 g/mol. The van der Waals surface area contributed by atoms with Crippen LogP contribution in [0, 0.1) is 12.3 Å². The van der Waals surface area contributed by atoms with Crippen molar-refractivity contribution in [3.63, 3.8) is 0 Å². The maximum atomic E-state index is 14.4. The number of aromatic amines is 1. The topological polar surface area (TPSA) is 81.5 Å². The Morgan fingerprint density at radius 2 is 2.24 bits per heavy atom. The first kappa shape index (κ1) is 20.6. The third-order valence-electron chi connectivity index (χ3n) is 4.84. The Morgan fingerprint density at radius 1 is 1.41 bits per heavy atom. The molecule has 2 N–H and O–H groups in total. The fraction of sp³-hybridized carbons (Fsp3) is 0.364. The van der Waals surface area contributed by atoms with Gasteiger partial charge in [0.05, 0.1) is 29.6 Å². The van der Waals surface area contributed by atoms with E-state index in [0.717, 1.165) is 36.3 Å². The van der Waals surface area contributed by atoms with Gasteiger partial charge in [0.2, 0.25) is 0 Å². The minimum Gasteiger partial charge on any atom is -0.348 e. The molecule has 3 heterocycles. The molecule has 1 aliphatic rings. The van der Waals surface area contributed by atoms with Gasteiger partial charge in [-0.25, -0.2) is 14.4 Å². The van der Waals surface area contributed by atoms with Crippen LogP contribution in [0.1, 0.15) is 49.8 Å². The van der Waals surface area contributed by atoms with Crippen molar-refractivity contribution in [1.82, 2.24) is 19.9 Å². The molecule has 29 heavy (non-hydrogen) atoms. The first-order valence-electron chi connectivity index (χ1n) is 9.88. The van der Waals surface area contributed by atoms with Crippen molar-refractivity contribution in [2.24, 2.45) is 0 Å². The van der Waals surface area contributed by atoms with Crippen molar-refractivity contribution in [2.45, 2.75) is 46.1 Å². The highest BCUT2D eigenvalue weighted by atomic mass is 19.1. The second-order valence-electron chi connectivity index (χ2n) is 7.15. The molecule has 0 amide bonds. The number of anilines is 1. The van der Waals surface area contributed by atoms with Crippen molar-refractivity contribution in [3.05, 3.63) is 71.5 Å². The van der Waals surface area contributed by atoms with Gasteiger partial charge in [-0.2, -0.15) is 0 Å². The Labute approximate surface area is 170 Å². The van der Waals surface area contributed by atoms with Crippen LogP contribution in [-0.2, 0) is 6.42 Å². The summed E-state index contributed by atoms with van der Waals surface area (Å²) in [6.45, 7) is 6.32. The van der Waals surface area contributed by atoms with Crippen LogP contribution >= 0.6 is 0 Å². The molecule has 1 atom stereocenters. The summed E-state index contributed by atoms with van der Waals surface area (Å²) < 4.78 is 14.4. The lowest BCUT2D eigenvalue weighted by atomic mass is 9.97. The number of unbranched alkanes of at least 4 members (excludes halogenated alkanes) is 1. The molecule has 0 saturated carbocycles. The summed E-state index contributed by atoms with van der Waals surface area (Å²) in [6.07, 6.45) is 14.4. The number of halogens is 1. The fourth-order valence-corrected chi connectivity index (χ4v) is 3.36. The van der Waals surface area contributed by atoms with E-state index in [1.807, 2.05) is 17.9 Å². The van der Waals surface area contributed by atoms with Crippen LogP contribution in [0.3, 0.4) is 0 Å². The van der Waals surface area contributed by atoms with Crippen LogP contribution in [0.15, 0.2) is 54.4 Å². The number of rotatable bonds is 7. The van der Waals surface area contributed by atoms with Crippen LogP contribution in [-0.4, -0.2) is 32.2 Å². The number of aryl methyl sites for hydroxylation is 1. The van der Waals surface area contributed by atoms with E-state index in [-0.39, 0.29) is 11.5 Å². The summed E-state index contributed by atoms with van der Waals surface area (Å²) >= 11 is 0. The minimum atomic E-state index is -0.445. The number of aromatic nitrogens is 4. The van der Waals surface area contributed by atoms with E-state index in [4.69, 9.17) is 5.41 Å². The molecule has 1 unspecified atom stereocenters. The first-order chi connectivity index (χ1) is 14.0. The Morgan fingerprint density at radius 3 is 3.00 bits per heavy atom. The zero-order chi connectivity index (χ0) is 20.8. The molecule has 6 nitrogen and oxygen atoms in total. The van der Waals surface area contributed by atoms with Gasteiger partial charge in [0.25, 0.3) is 0 Å². The van der Waals surface area contributed by atoms with Crippen LogP contribution in [0.25, 0.3) is 0 Å². The maximum Gasteiger partial charge on any atom is 0.148 e. The lowest BCUT2D eigenvalue weighted by Crippen LogP contribution is -2.40. The lowest BCUT2D eigenvalue weighted by molar-refractivity contribution is 0.648. The fourth-order valence-electron chi connectivity index (χ4n) is 3.36. The zero-order valence-corrected chi connectivity index (χ0v) is 17.1. The third-order valence-corrected chi connectivity index (χ3v) is 4.84. The Hall–Kier alpha value is -3.09. The van der Waals surface area contributed by atoms with Gasteiger partial charge in [0, 0.05) is 24.9 Å². The molecule has 2 aromatic heterocycles. The van der Waals surface area contributed by atoms with E-state index < -0.39 is 6.04 Å². The largest absolute Gasteiger partial charge is 0.348 e. The lowest BCUT2D eigenvalue weighted by Gasteiger charge is -2.35. The normalized spacial score (nSPS) is 17.7. The molecule has 1 aliphatic heterocycles. The minimum absolute atomic E-state index is 0.264. The molecular formula is C22H27FN6. The number of fused-ring (bicyclic) bond motifs is 1. The van der Waals surface area contributed by atoms with E-state index >= 15 is 0 Å². The number of nitrogens with zero attached hydrogens (tertiary/aromatic N) is 4. The Bertz CT molecular complexity index is 956. The predicted octanol–water partition coefficient (Wildman–Crippen LogP) is 4.79. The van der Waals surface area contributed by atoms with Crippen molar-refractivity contribution < 1.29 is 4.39 Å². The summed E-state index contributed by atoms with van der Waals surface area (Å²) in [7, 11) is 0. The smallest absolute Gasteiger partial charge is 0.148 e. The quantitative estimate of drug-likeness (QED) is 0.523. The summed E-state index contributed by atoms with van der Waals surface area (Å²) in [5, 5.41) is 8.72. The molecule has 0 aromatic carbocycles. The molecule has 0 bridgehead atoms. The number of imidazole rings is 1. The van der Waals surface area contributed by atoms with Gasteiger partial charge < -0.3 is 15.3 Å². The number of hydrogen-bond donors (Lipinski definition) is 2. The van der Waals surface area contributed by atoms with Crippen molar-refractivity contribution in [2.75, 3.05) is 11.4 Å². The molecule has 0 saturated heterocycles. The van der Waals surface area contributed by atoms with Crippen molar-refractivity contribution in [3.8, 4) is 0 Å². The molecular weight excluding hydrogens is 367 g/mol.